The van der Waals surface area contributed by atoms with Crippen molar-refractivity contribution in [2.24, 2.45) is 0 Å². The molecule has 0 saturated heterocycles. The molecule has 2 aromatic rings. The van der Waals surface area contributed by atoms with E-state index in [9.17, 15) is 5.11 Å². The van der Waals surface area contributed by atoms with Gasteiger partial charge in [-0.2, -0.15) is 0 Å². The van der Waals surface area contributed by atoms with Crippen molar-refractivity contribution in [1.82, 2.24) is 15.0 Å². The van der Waals surface area contributed by atoms with E-state index >= 15 is 0 Å². The Morgan fingerprint density at radius 3 is 2.72 bits per heavy atom. The highest BCUT2D eigenvalue weighted by Gasteiger charge is 2.22. The minimum Gasteiger partial charge on any atom is -0.393 e. The van der Waals surface area contributed by atoms with Gasteiger partial charge in [-0.1, -0.05) is 0 Å². The van der Waals surface area contributed by atoms with Crippen LogP contribution >= 0.6 is 0 Å². The molecule has 0 unspecified atom stereocenters. The molecule has 94 valence electrons. The van der Waals surface area contributed by atoms with Gasteiger partial charge in [0.2, 0.25) is 0 Å². The van der Waals surface area contributed by atoms with Crippen molar-refractivity contribution in [3.8, 4) is 11.3 Å². The lowest BCUT2D eigenvalue weighted by atomic mass is 9.87. The molecule has 4 nitrogen and oxygen atoms in total. The Morgan fingerprint density at radius 2 is 2.00 bits per heavy atom. The van der Waals surface area contributed by atoms with Crippen molar-refractivity contribution >= 4 is 0 Å². The summed E-state index contributed by atoms with van der Waals surface area (Å²) in [4.78, 5) is 12.1. The van der Waals surface area contributed by atoms with Gasteiger partial charge in [0.1, 0.15) is 5.82 Å². The largest absolute Gasteiger partial charge is 0.393 e. The predicted molar refractivity (Wildman–Crippen MR) is 69.0 cm³/mol. The van der Waals surface area contributed by atoms with Crippen LogP contribution in [0.15, 0.2) is 30.7 Å². The highest BCUT2D eigenvalue weighted by molar-refractivity contribution is 5.57. The van der Waals surface area contributed by atoms with Crippen LogP contribution in [0.25, 0.3) is 11.3 Å². The molecule has 0 aromatic carbocycles. The second-order valence-electron chi connectivity index (χ2n) is 4.91. The molecule has 18 heavy (non-hydrogen) atoms. The molecule has 0 atom stereocenters. The number of H-pyrrole nitrogens is 1. The molecular weight excluding hydrogens is 226 g/mol. The SMILES string of the molecule is OC1CCC(c2nccc(-c3cc[nH]c3)n2)CC1. The van der Waals surface area contributed by atoms with Gasteiger partial charge in [-0.25, -0.2) is 9.97 Å². The summed E-state index contributed by atoms with van der Waals surface area (Å²) in [6.07, 6.45) is 9.23. The van der Waals surface area contributed by atoms with Gasteiger partial charge < -0.3 is 10.1 Å². The van der Waals surface area contributed by atoms with Crippen LogP contribution in [0.3, 0.4) is 0 Å². The highest BCUT2D eigenvalue weighted by Crippen LogP contribution is 2.31. The molecule has 0 bridgehead atoms. The fraction of sp³-hybridized carbons (Fsp3) is 0.429. The third-order valence-corrected chi connectivity index (χ3v) is 3.63. The quantitative estimate of drug-likeness (QED) is 0.851. The molecule has 2 heterocycles. The van der Waals surface area contributed by atoms with E-state index in [1.165, 1.54) is 0 Å². The van der Waals surface area contributed by atoms with Crippen LogP contribution < -0.4 is 0 Å². The molecule has 1 aliphatic rings. The smallest absolute Gasteiger partial charge is 0.132 e. The number of rotatable bonds is 2. The van der Waals surface area contributed by atoms with Crippen molar-refractivity contribution in [1.29, 1.82) is 0 Å². The van der Waals surface area contributed by atoms with Crippen LogP contribution in [0, 0.1) is 0 Å². The van der Waals surface area contributed by atoms with E-state index in [0.29, 0.717) is 5.92 Å². The lowest BCUT2D eigenvalue weighted by Gasteiger charge is -2.24. The molecule has 0 spiro atoms. The normalized spacial score (nSPS) is 24.1. The van der Waals surface area contributed by atoms with Gasteiger partial charge in [0, 0.05) is 30.1 Å². The fourth-order valence-corrected chi connectivity index (χ4v) is 2.55. The number of nitrogens with zero attached hydrogens (tertiary/aromatic N) is 2. The van der Waals surface area contributed by atoms with Crippen LogP contribution in [-0.2, 0) is 0 Å². The van der Waals surface area contributed by atoms with Crippen LogP contribution in [0.1, 0.15) is 37.4 Å². The van der Waals surface area contributed by atoms with Gasteiger partial charge in [0.15, 0.2) is 0 Å². The average molecular weight is 243 g/mol. The summed E-state index contributed by atoms with van der Waals surface area (Å²) in [5.41, 5.74) is 2.06. The first-order chi connectivity index (χ1) is 8.83. The van der Waals surface area contributed by atoms with E-state index in [2.05, 4.69) is 15.0 Å². The Hall–Kier alpha value is -1.68. The molecule has 2 N–H and O–H groups in total. The summed E-state index contributed by atoms with van der Waals surface area (Å²) in [6, 6.07) is 3.95. The number of aromatic nitrogens is 3. The maximum atomic E-state index is 9.53. The first-order valence-electron chi connectivity index (χ1n) is 6.47. The number of aromatic amines is 1. The summed E-state index contributed by atoms with van der Waals surface area (Å²) >= 11 is 0. The van der Waals surface area contributed by atoms with E-state index in [1.807, 2.05) is 30.7 Å². The lowest BCUT2D eigenvalue weighted by molar-refractivity contribution is 0.121. The molecular formula is C14H17N3O. The van der Waals surface area contributed by atoms with Crippen LogP contribution in [0.2, 0.25) is 0 Å². The minimum atomic E-state index is -0.130. The minimum absolute atomic E-state index is 0.130. The van der Waals surface area contributed by atoms with E-state index < -0.39 is 0 Å². The maximum absolute atomic E-state index is 9.53. The monoisotopic (exact) mass is 243 g/mol. The van der Waals surface area contributed by atoms with Gasteiger partial charge in [-0.15, -0.1) is 0 Å². The van der Waals surface area contributed by atoms with Crippen molar-refractivity contribution in [3.05, 3.63) is 36.5 Å². The third kappa shape index (κ3) is 2.29. The molecule has 1 saturated carbocycles. The van der Waals surface area contributed by atoms with Crippen molar-refractivity contribution in [3.63, 3.8) is 0 Å². The molecule has 2 aromatic heterocycles. The number of hydrogen-bond acceptors (Lipinski definition) is 3. The molecule has 1 fully saturated rings. The van der Waals surface area contributed by atoms with Gasteiger partial charge in [-0.3, -0.25) is 0 Å². The molecule has 0 amide bonds. The van der Waals surface area contributed by atoms with Gasteiger partial charge in [0.25, 0.3) is 0 Å². The second kappa shape index (κ2) is 4.90. The third-order valence-electron chi connectivity index (χ3n) is 3.63. The summed E-state index contributed by atoms with van der Waals surface area (Å²) < 4.78 is 0. The first kappa shape index (κ1) is 11.4. The van der Waals surface area contributed by atoms with E-state index in [1.54, 1.807) is 0 Å². The number of hydrogen-bond donors (Lipinski definition) is 2. The Morgan fingerprint density at radius 1 is 1.17 bits per heavy atom. The summed E-state index contributed by atoms with van der Waals surface area (Å²) in [5, 5.41) is 9.53. The van der Waals surface area contributed by atoms with Gasteiger partial charge in [0.05, 0.1) is 11.8 Å². The number of aliphatic hydroxyl groups is 1. The molecule has 0 aliphatic heterocycles. The van der Waals surface area contributed by atoms with Crippen molar-refractivity contribution in [2.75, 3.05) is 0 Å². The molecule has 3 rings (SSSR count). The topological polar surface area (TPSA) is 61.8 Å². The second-order valence-corrected chi connectivity index (χ2v) is 4.91. The van der Waals surface area contributed by atoms with Gasteiger partial charge >= 0.3 is 0 Å². The lowest BCUT2D eigenvalue weighted by Crippen LogP contribution is -2.18. The number of aliphatic hydroxyl groups excluding tert-OH is 1. The Kier molecular flexibility index (Phi) is 3.11. The Bertz CT molecular complexity index is 502. The molecule has 4 heteroatoms. The molecule has 0 radical (unpaired) electrons. The standard InChI is InChI=1S/C14H17N3O/c18-12-3-1-10(2-4-12)14-16-8-6-13(17-14)11-5-7-15-9-11/h5-10,12,15,18H,1-4H2. The Labute approximate surface area is 106 Å². The predicted octanol–water partition coefficient (Wildman–Crippen LogP) is 2.49. The summed E-state index contributed by atoms with van der Waals surface area (Å²) in [5.74, 6) is 1.31. The fourth-order valence-electron chi connectivity index (χ4n) is 2.55. The van der Waals surface area contributed by atoms with Crippen LogP contribution in [0.5, 0.6) is 0 Å². The highest BCUT2D eigenvalue weighted by atomic mass is 16.3. The zero-order valence-corrected chi connectivity index (χ0v) is 10.2. The number of nitrogens with one attached hydrogen (secondary N) is 1. The Balaban J connectivity index is 1.83. The van der Waals surface area contributed by atoms with E-state index in [-0.39, 0.29) is 6.10 Å². The summed E-state index contributed by atoms with van der Waals surface area (Å²) in [6.45, 7) is 0. The van der Waals surface area contributed by atoms with Crippen molar-refractivity contribution in [2.45, 2.75) is 37.7 Å². The molecule has 1 aliphatic carbocycles. The van der Waals surface area contributed by atoms with Gasteiger partial charge in [-0.05, 0) is 37.8 Å². The zero-order chi connectivity index (χ0) is 12.4. The van der Waals surface area contributed by atoms with Crippen LogP contribution in [-0.4, -0.2) is 26.2 Å². The summed E-state index contributed by atoms with van der Waals surface area (Å²) in [7, 11) is 0. The first-order valence-corrected chi connectivity index (χ1v) is 6.47. The van der Waals surface area contributed by atoms with Crippen LogP contribution in [0.4, 0.5) is 0 Å². The zero-order valence-electron chi connectivity index (χ0n) is 10.2. The van der Waals surface area contributed by atoms with E-state index in [0.717, 1.165) is 42.8 Å². The average Bonchev–Trinajstić information content (AvgIpc) is 2.94. The van der Waals surface area contributed by atoms with E-state index in [4.69, 9.17) is 0 Å². The maximum Gasteiger partial charge on any atom is 0.132 e. The van der Waals surface area contributed by atoms with Crippen molar-refractivity contribution < 1.29 is 5.11 Å².